The fraction of sp³-hybridized carbons (Fsp3) is 0.263. The van der Waals surface area contributed by atoms with Crippen molar-refractivity contribution in [3.63, 3.8) is 0 Å². The van der Waals surface area contributed by atoms with Crippen LogP contribution in [0.5, 0.6) is 0 Å². The molecule has 6 nitrogen and oxygen atoms in total. The highest BCUT2D eigenvalue weighted by Gasteiger charge is 2.19. The number of amides is 1. The Bertz CT molecular complexity index is 1090. The Balaban J connectivity index is 1.86. The topological polar surface area (TPSA) is 72.3 Å². The van der Waals surface area contributed by atoms with E-state index in [1.54, 1.807) is 35.9 Å². The van der Waals surface area contributed by atoms with E-state index in [2.05, 4.69) is 4.98 Å². The SMILES string of the molecule is CN(Cc1cccc(F)c1)C(=O)Cn1c(CS(C)(=O)=O)nc2ccccc21. The summed E-state index contributed by atoms with van der Waals surface area (Å²) in [5.74, 6) is -0.504. The number of likely N-dealkylation sites (N-methyl/N-ethyl adjacent to an activating group) is 1. The molecule has 0 N–H and O–H groups in total. The summed E-state index contributed by atoms with van der Waals surface area (Å²) in [5.41, 5.74) is 2.01. The van der Waals surface area contributed by atoms with Crippen molar-refractivity contribution < 1.29 is 17.6 Å². The summed E-state index contributed by atoms with van der Waals surface area (Å²) in [6, 6.07) is 13.3. The minimum Gasteiger partial charge on any atom is -0.340 e. The highest BCUT2D eigenvalue weighted by molar-refractivity contribution is 7.89. The van der Waals surface area contributed by atoms with Gasteiger partial charge in [-0.2, -0.15) is 0 Å². The Hall–Kier alpha value is -2.74. The normalized spacial score (nSPS) is 11.7. The molecule has 0 aliphatic carbocycles. The molecule has 3 aromatic rings. The van der Waals surface area contributed by atoms with Crippen LogP contribution in [0.3, 0.4) is 0 Å². The van der Waals surface area contributed by atoms with Crippen LogP contribution in [0.4, 0.5) is 4.39 Å². The van der Waals surface area contributed by atoms with E-state index in [9.17, 15) is 17.6 Å². The number of halogens is 1. The standard InChI is InChI=1S/C19H20FN3O3S/c1-22(11-14-6-5-7-15(20)10-14)19(24)12-23-17-9-4-3-8-16(17)21-18(23)13-27(2,25)26/h3-10H,11-13H2,1-2H3. The minimum absolute atomic E-state index is 0.0445. The van der Waals surface area contributed by atoms with Crippen molar-refractivity contribution in [2.45, 2.75) is 18.8 Å². The maximum absolute atomic E-state index is 13.3. The highest BCUT2D eigenvalue weighted by Crippen LogP contribution is 2.18. The number of hydrogen-bond donors (Lipinski definition) is 0. The fourth-order valence-corrected chi connectivity index (χ4v) is 3.59. The molecule has 1 aromatic heterocycles. The summed E-state index contributed by atoms with van der Waals surface area (Å²) in [5, 5.41) is 0. The van der Waals surface area contributed by atoms with Crippen molar-refractivity contribution in [2.24, 2.45) is 0 Å². The van der Waals surface area contributed by atoms with E-state index >= 15 is 0 Å². The number of fused-ring (bicyclic) bond motifs is 1. The van der Waals surface area contributed by atoms with Crippen LogP contribution in [-0.2, 0) is 33.5 Å². The van der Waals surface area contributed by atoms with Crippen molar-refractivity contribution in [1.82, 2.24) is 14.5 Å². The van der Waals surface area contributed by atoms with E-state index in [4.69, 9.17) is 0 Å². The van der Waals surface area contributed by atoms with E-state index in [1.807, 2.05) is 12.1 Å². The molecule has 1 heterocycles. The van der Waals surface area contributed by atoms with Crippen molar-refractivity contribution in [3.05, 3.63) is 65.7 Å². The van der Waals surface area contributed by atoms with Gasteiger partial charge in [0.25, 0.3) is 0 Å². The quantitative estimate of drug-likeness (QED) is 0.649. The Kier molecular flexibility index (Phi) is 5.27. The monoisotopic (exact) mass is 389 g/mol. The molecule has 0 aliphatic rings. The molecular weight excluding hydrogens is 369 g/mol. The second-order valence-electron chi connectivity index (χ2n) is 6.55. The number of carbonyl (C=O) groups excluding carboxylic acids is 1. The Morgan fingerprint density at radius 3 is 2.63 bits per heavy atom. The first kappa shape index (κ1) is 19.0. The van der Waals surface area contributed by atoms with Gasteiger partial charge in [-0.3, -0.25) is 4.79 Å². The van der Waals surface area contributed by atoms with Gasteiger partial charge >= 0.3 is 0 Å². The van der Waals surface area contributed by atoms with Crippen molar-refractivity contribution in [3.8, 4) is 0 Å². The van der Waals surface area contributed by atoms with E-state index in [0.29, 0.717) is 22.4 Å². The largest absolute Gasteiger partial charge is 0.340 e. The number of nitrogens with zero attached hydrogens (tertiary/aromatic N) is 3. The summed E-state index contributed by atoms with van der Waals surface area (Å²) < 4.78 is 38.4. The van der Waals surface area contributed by atoms with Crippen molar-refractivity contribution in [1.29, 1.82) is 0 Å². The first-order valence-corrected chi connectivity index (χ1v) is 10.4. The van der Waals surface area contributed by atoms with Gasteiger partial charge in [0, 0.05) is 19.8 Å². The van der Waals surface area contributed by atoms with Crippen molar-refractivity contribution in [2.75, 3.05) is 13.3 Å². The number of benzene rings is 2. The molecule has 0 aliphatic heterocycles. The molecule has 3 rings (SSSR count). The van der Waals surface area contributed by atoms with Crippen LogP contribution >= 0.6 is 0 Å². The summed E-state index contributed by atoms with van der Waals surface area (Å²) in [6.07, 6.45) is 1.13. The van der Waals surface area contributed by atoms with Gasteiger partial charge in [-0.15, -0.1) is 0 Å². The molecule has 0 saturated heterocycles. The van der Waals surface area contributed by atoms with Crippen LogP contribution in [0.1, 0.15) is 11.4 Å². The van der Waals surface area contributed by atoms with E-state index in [1.165, 1.54) is 17.0 Å². The molecule has 1 amide bonds. The molecule has 0 spiro atoms. The smallest absolute Gasteiger partial charge is 0.242 e. The average molecular weight is 389 g/mol. The molecule has 0 fully saturated rings. The van der Waals surface area contributed by atoms with Gasteiger partial charge in [-0.25, -0.2) is 17.8 Å². The molecule has 0 unspecified atom stereocenters. The zero-order chi connectivity index (χ0) is 19.6. The third-order valence-electron chi connectivity index (χ3n) is 4.15. The summed E-state index contributed by atoms with van der Waals surface area (Å²) in [6.45, 7) is 0.210. The minimum atomic E-state index is -3.31. The van der Waals surface area contributed by atoms with Crippen LogP contribution < -0.4 is 0 Å². The van der Waals surface area contributed by atoms with Crippen molar-refractivity contribution >= 4 is 26.8 Å². The van der Waals surface area contributed by atoms with E-state index in [-0.39, 0.29) is 30.6 Å². The molecule has 0 radical (unpaired) electrons. The number of sulfone groups is 1. The van der Waals surface area contributed by atoms with Gasteiger partial charge in [0.2, 0.25) is 5.91 Å². The lowest BCUT2D eigenvalue weighted by atomic mass is 10.2. The maximum Gasteiger partial charge on any atom is 0.242 e. The third kappa shape index (κ3) is 4.71. The van der Waals surface area contributed by atoms with Gasteiger partial charge in [0.15, 0.2) is 9.84 Å². The second kappa shape index (κ2) is 7.48. The lowest BCUT2D eigenvalue weighted by molar-refractivity contribution is -0.131. The second-order valence-corrected chi connectivity index (χ2v) is 8.69. The van der Waals surface area contributed by atoms with Crippen LogP contribution in [0, 0.1) is 5.82 Å². The van der Waals surface area contributed by atoms with Gasteiger partial charge in [0.05, 0.1) is 11.0 Å². The number of aromatic nitrogens is 2. The molecule has 142 valence electrons. The van der Waals surface area contributed by atoms with E-state index < -0.39 is 9.84 Å². The van der Waals surface area contributed by atoms with Crippen LogP contribution in [0.15, 0.2) is 48.5 Å². The molecule has 0 atom stereocenters. The first-order chi connectivity index (χ1) is 12.7. The zero-order valence-corrected chi connectivity index (χ0v) is 15.9. The zero-order valence-electron chi connectivity index (χ0n) is 15.1. The van der Waals surface area contributed by atoms with Gasteiger partial charge in [-0.1, -0.05) is 24.3 Å². The maximum atomic E-state index is 13.3. The number of rotatable bonds is 6. The van der Waals surface area contributed by atoms with Crippen LogP contribution in [-0.4, -0.2) is 42.1 Å². The average Bonchev–Trinajstić information content (AvgIpc) is 2.90. The fourth-order valence-electron chi connectivity index (χ4n) is 2.90. The predicted molar refractivity (Wildman–Crippen MR) is 101 cm³/mol. The Morgan fingerprint density at radius 1 is 1.19 bits per heavy atom. The van der Waals surface area contributed by atoms with Gasteiger partial charge < -0.3 is 9.47 Å². The first-order valence-electron chi connectivity index (χ1n) is 8.33. The Labute approximate surface area is 157 Å². The van der Waals surface area contributed by atoms with Gasteiger partial charge in [-0.05, 0) is 29.8 Å². The number of hydrogen-bond acceptors (Lipinski definition) is 4. The Morgan fingerprint density at radius 2 is 1.93 bits per heavy atom. The van der Waals surface area contributed by atoms with Crippen LogP contribution in [0.2, 0.25) is 0 Å². The molecule has 8 heteroatoms. The molecule has 2 aromatic carbocycles. The molecule has 0 bridgehead atoms. The summed E-state index contributed by atoms with van der Waals surface area (Å²) in [7, 11) is -1.68. The summed E-state index contributed by atoms with van der Waals surface area (Å²) >= 11 is 0. The molecule has 27 heavy (non-hydrogen) atoms. The van der Waals surface area contributed by atoms with Gasteiger partial charge in [0.1, 0.15) is 23.9 Å². The third-order valence-corrected chi connectivity index (χ3v) is 4.94. The highest BCUT2D eigenvalue weighted by atomic mass is 32.2. The van der Waals surface area contributed by atoms with E-state index in [0.717, 1.165) is 6.26 Å². The van der Waals surface area contributed by atoms with Crippen LogP contribution in [0.25, 0.3) is 11.0 Å². The number of para-hydroxylation sites is 2. The summed E-state index contributed by atoms with van der Waals surface area (Å²) in [4.78, 5) is 18.5. The molecular formula is C19H20FN3O3S. The number of carbonyl (C=O) groups is 1. The molecule has 0 saturated carbocycles. The lowest BCUT2D eigenvalue weighted by Crippen LogP contribution is -2.30. The number of imidazole rings is 1. The lowest BCUT2D eigenvalue weighted by Gasteiger charge is -2.19. The predicted octanol–water partition coefficient (Wildman–Crippen LogP) is 2.38.